The number of halogens is 1. The van der Waals surface area contributed by atoms with Crippen molar-refractivity contribution in [3.63, 3.8) is 0 Å². The highest BCUT2D eigenvalue weighted by Crippen LogP contribution is 2.20. The first-order valence-corrected chi connectivity index (χ1v) is 6.47. The Bertz CT molecular complexity index is 286. The third-order valence-electron chi connectivity index (χ3n) is 2.64. The average Bonchev–Trinajstić information content (AvgIpc) is 2.28. The van der Waals surface area contributed by atoms with E-state index < -0.39 is 12.7 Å². The fourth-order valence-corrected chi connectivity index (χ4v) is 1.99. The topological polar surface area (TPSA) is 26.0 Å². The third kappa shape index (κ3) is 3.50. The maximum Gasteiger partial charge on any atom is 0.105 e. The Labute approximate surface area is 95.2 Å². The van der Waals surface area contributed by atoms with E-state index in [9.17, 15) is 4.39 Å². The van der Waals surface area contributed by atoms with Gasteiger partial charge >= 0.3 is 0 Å². The lowest BCUT2D eigenvalue weighted by Gasteiger charge is -2.17. The summed E-state index contributed by atoms with van der Waals surface area (Å²) in [6.45, 7) is 1.50. The molecule has 3 heteroatoms. The summed E-state index contributed by atoms with van der Waals surface area (Å²) in [5.41, 5.74) is 8.08. The van der Waals surface area contributed by atoms with Crippen LogP contribution in [0.1, 0.15) is 24.0 Å². The summed E-state index contributed by atoms with van der Waals surface area (Å²) in [6, 6.07) is 7.88. The van der Waals surface area contributed by atoms with Crippen LogP contribution in [0.5, 0.6) is 0 Å². The lowest BCUT2D eigenvalue weighted by atomic mass is 9.94. The first-order valence-electron chi connectivity index (χ1n) is 5.08. The van der Waals surface area contributed by atoms with Crippen molar-refractivity contribution in [1.82, 2.24) is 0 Å². The quantitative estimate of drug-likeness (QED) is 0.837. The number of benzene rings is 1. The van der Waals surface area contributed by atoms with Crippen molar-refractivity contribution in [2.75, 3.05) is 12.9 Å². The molecule has 2 unspecified atom stereocenters. The van der Waals surface area contributed by atoms with Gasteiger partial charge < -0.3 is 5.73 Å². The van der Waals surface area contributed by atoms with Crippen LogP contribution in [0.3, 0.4) is 0 Å². The third-order valence-corrected chi connectivity index (χ3v) is 3.26. The molecular formula is C12H18FNS. The van der Waals surface area contributed by atoms with E-state index in [1.54, 1.807) is 11.8 Å². The van der Waals surface area contributed by atoms with Gasteiger partial charge in [-0.15, -0.1) is 0 Å². The SMILES string of the molecule is CSCc1ccc(C(C)C(N)CF)cc1. The van der Waals surface area contributed by atoms with Gasteiger partial charge in [0.2, 0.25) is 0 Å². The van der Waals surface area contributed by atoms with Gasteiger partial charge in [0.1, 0.15) is 6.67 Å². The molecule has 84 valence electrons. The molecule has 0 aromatic heterocycles. The number of thioether (sulfide) groups is 1. The maximum atomic E-state index is 12.4. The highest BCUT2D eigenvalue weighted by Gasteiger charge is 2.14. The van der Waals surface area contributed by atoms with E-state index in [1.807, 2.05) is 19.1 Å². The average molecular weight is 227 g/mol. The summed E-state index contributed by atoms with van der Waals surface area (Å²) in [4.78, 5) is 0. The van der Waals surface area contributed by atoms with E-state index in [1.165, 1.54) is 5.56 Å². The normalized spacial score (nSPS) is 14.9. The van der Waals surface area contributed by atoms with Crippen molar-refractivity contribution in [3.8, 4) is 0 Å². The molecule has 2 N–H and O–H groups in total. The van der Waals surface area contributed by atoms with Gasteiger partial charge in [0, 0.05) is 11.8 Å². The number of rotatable bonds is 5. The molecule has 0 fully saturated rings. The van der Waals surface area contributed by atoms with Crippen LogP contribution in [0, 0.1) is 0 Å². The van der Waals surface area contributed by atoms with Crippen LogP contribution in [-0.2, 0) is 5.75 Å². The van der Waals surface area contributed by atoms with E-state index >= 15 is 0 Å². The van der Waals surface area contributed by atoms with Crippen LogP contribution in [0.4, 0.5) is 4.39 Å². The molecule has 2 atom stereocenters. The Morgan fingerprint density at radius 1 is 1.33 bits per heavy atom. The molecule has 15 heavy (non-hydrogen) atoms. The molecule has 0 aliphatic heterocycles. The molecule has 0 spiro atoms. The van der Waals surface area contributed by atoms with E-state index in [0.29, 0.717) is 0 Å². The number of nitrogens with two attached hydrogens (primary N) is 1. The van der Waals surface area contributed by atoms with Crippen LogP contribution in [-0.4, -0.2) is 19.0 Å². The summed E-state index contributed by atoms with van der Waals surface area (Å²) < 4.78 is 12.4. The summed E-state index contributed by atoms with van der Waals surface area (Å²) in [7, 11) is 0. The molecule has 1 nitrogen and oxygen atoms in total. The van der Waals surface area contributed by atoms with Crippen LogP contribution >= 0.6 is 11.8 Å². The van der Waals surface area contributed by atoms with E-state index in [0.717, 1.165) is 11.3 Å². The number of hydrogen-bond acceptors (Lipinski definition) is 2. The highest BCUT2D eigenvalue weighted by molar-refractivity contribution is 7.97. The first-order chi connectivity index (χ1) is 7.19. The minimum Gasteiger partial charge on any atom is -0.325 e. The zero-order valence-electron chi connectivity index (χ0n) is 9.24. The zero-order chi connectivity index (χ0) is 11.3. The number of alkyl halides is 1. The number of hydrogen-bond donors (Lipinski definition) is 1. The standard InChI is InChI=1S/C12H18FNS/c1-9(12(14)7-13)11-5-3-10(4-6-11)8-15-2/h3-6,9,12H,7-8,14H2,1-2H3. The molecule has 0 aliphatic carbocycles. The largest absolute Gasteiger partial charge is 0.325 e. The molecule has 0 aliphatic rings. The predicted octanol–water partition coefficient (Wildman–Crippen LogP) is 2.95. The molecule has 0 heterocycles. The van der Waals surface area contributed by atoms with Crippen LogP contribution in [0.15, 0.2) is 24.3 Å². The van der Waals surface area contributed by atoms with Gasteiger partial charge in [-0.2, -0.15) is 11.8 Å². The molecule has 0 bridgehead atoms. The minimum absolute atomic E-state index is 0.0818. The lowest BCUT2D eigenvalue weighted by molar-refractivity contribution is 0.396. The second-order valence-electron chi connectivity index (χ2n) is 3.78. The Morgan fingerprint density at radius 2 is 1.93 bits per heavy atom. The van der Waals surface area contributed by atoms with Gasteiger partial charge in [0.05, 0.1) is 0 Å². The molecule has 1 aromatic carbocycles. The van der Waals surface area contributed by atoms with Gasteiger partial charge in [-0.1, -0.05) is 31.2 Å². The van der Waals surface area contributed by atoms with E-state index in [-0.39, 0.29) is 5.92 Å². The van der Waals surface area contributed by atoms with Crippen LogP contribution < -0.4 is 5.73 Å². The Balaban J connectivity index is 2.70. The van der Waals surface area contributed by atoms with Crippen molar-refractivity contribution in [2.45, 2.75) is 24.6 Å². The van der Waals surface area contributed by atoms with E-state index in [2.05, 4.69) is 18.4 Å². The lowest BCUT2D eigenvalue weighted by Crippen LogP contribution is -2.28. The van der Waals surface area contributed by atoms with Crippen molar-refractivity contribution in [3.05, 3.63) is 35.4 Å². The summed E-state index contributed by atoms with van der Waals surface area (Å²) in [5, 5.41) is 0. The summed E-state index contributed by atoms with van der Waals surface area (Å²) in [6.07, 6.45) is 2.08. The van der Waals surface area contributed by atoms with Crippen molar-refractivity contribution in [2.24, 2.45) is 5.73 Å². The first kappa shape index (κ1) is 12.5. The van der Waals surface area contributed by atoms with Crippen LogP contribution in [0.2, 0.25) is 0 Å². The molecule has 1 rings (SSSR count). The zero-order valence-corrected chi connectivity index (χ0v) is 10.1. The van der Waals surface area contributed by atoms with Gasteiger partial charge in [0.25, 0.3) is 0 Å². The Morgan fingerprint density at radius 3 is 2.40 bits per heavy atom. The fraction of sp³-hybridized carbons (Fsp3) is 0.500. The predicted molar refractivity (Wildman–Crippen MR) is 66.0 cm³/mol. The van der Waals surface area contributed by atoms with Gasteiger partial charge in [-0.05, 0) is 23.3 Å². The fourth-order valence-electron chi connectivity index (χ4n) is 1.46. The molecule has 0 saturated carbocycles. The minimum atomic E-state index is -0.465. The van der Waals surface area contributed by atoms with Crippen molar-refractivity contribution < 1.29 is 4.39 Å². The Hall–Kier alpha value is -0.540. The monoisotopic (exact) mass is 227 g/mol. The molecule has 1 aromatic rings. The molecular weight excluding hydrogens is 209 g/mol. The van der Waals surface area contributed by atoms with Gasteiger partial charge in [-0.25, -0.2) is 4.39 Å². The Kier molecular flexibility index (Phi) is 5.12. The maximum absolute atomic E-state index is 12.4. The van der Waals surface area contributed by atoms with Crippen molar-refractivity contribution >= 4 is 11.8 Å². The molecule has 0 saturated heterocycles. The molecule has 0 amide bonds. The summed E-state index contributed by atoms with van der Waals surface area (Å²) in [5.74, 6) is 1.10. The second-order valence-corrected chi connectivity index (χ2v) is 4.65. The van der Waals surface area contributed by atoms with Crippen molar-refractivity contribution in [1.29, 1.82) is 0 Å². The van der Waals surface area contributed by atoms with E-state index in [4.69, 9.17) is 5.73 Å². The smallest absolute Gasteiger partial charge is 0.105 e. The summed E-state index contributed by atoms with van der Waals surface area (Å²) >= 11 is 1.80. The van der Waals surface area contributed by atoms with Crippen LogP contribution in [0.25, 0.3) is 0 Å². The van der Waals surface area contributed by atoms with Gasteiger partial charge in [0.15, 0.2) is 0 Å². The van der Waals surface area contributed by atoms with Gasteiger partial charge in [-0.3, -0.25) is 0 Å². The highest BCUT2D eigenvalue weighted by atomic mass is 32.2. The second kappa shape index (κ2) is 6.13. The molecule has 0 radical (unpaired) electrons.